The van der Waals surface area contributed by atoms with Crippen LogP contribution in [-0.2, 0) is 13.0 Å². The fourth-order valence-electron chi connectivity index (χ4n) is 4.75. The normalized spacial score (nSPS) is 11.5. The predicted molar refractivity (Wildman–Crippen MR) is 158 cm³/mol. The molecular formula is C32H35N7O. The summed E-state index contributed by atoms with van der Waals surface area (Å²) >= 11 is 0. The first-order valence-electron chi connectivity index (χ1n) is 13.7. The van der Waals surface area contributed by atoms with Gasteiger partial charge in [-0.25, -0.2) is 4.98 Å². The molecule has 0 saturated carbocycles. The number of tetrazole rings is 1. The van der Waals surface area contributed by atoms with Crippen LogP contribution in [0, 0.1) is 0 Å². The zero-order chi connectivity index (χ0) is 28.1. The number of aryl methyl sites for hydroxylation is 1. The maximum Gasteiger partial charge on any atom is 0.269 e. The number of aromatic nitrogens is 6. The van der Waals surface area contributed by atoms with Crippen LogP contribution >= 0.6 is 0 Å². The molecule has 0 aliphatic heterocycles. The Kier molecular flexibility index (Phi) is 7.86. The molecule has 2 heterocycles. The number of carbonyl (C=O) groups is 1. The lowest BCUT2D eigenvalue weighted by molar-refractivity contribution is 0.0910. The molecule has 2 aromatic heterocycles. The molecule has 0 fully saturated rings. The van der Waals surface area contributed by atoms with Gasteiger partial charge in [0.1, 0.15) is 11.5 Å². The molecule has 0 radical (unpaired) electrons. The molecule has 204 valence electrons. The molecule has 2 N–H and O–H groups in total. The lowest BCUT2D eigenvalue weighted by Crippen LogP contribution is -2.41. The van der Waals surface area contributed by atoms with E-state index in [-0.39, 0.29) is 11.4 Å². The fourth-order valence-corrected chi connectivity index (χ4v) is 4.75. The Morgan fingerprint density at radius 2 is 1.68 bits per heavy atom. The van der Waals surface area contributed by atoms with Crippen LogP contribution in [0.15, 0.2) is 79.0 Å². The number of amides is 1. The molecule has 0 bridgehead atoms. The highest BCUT2D eigenvalue weighted by atomic mass is 16.2. The molecule has 0 unspecified atom stereocenters. The highest BCUT2D eigenvalue weighted by Crippen LogP contribution is 2.34. The van der Waals surface area contributed by atoms with E-state index in [2.05, 4.69) is 86.4 Å². The summed E-state index contributed by atoms with van der Waals surface area (Å²) < 4.78 is 2.05. The lowest BCUT2D eigenvalue weighted by atomic mass is 9.93. The van der Waals surface area contributed by atoms with Gasteiger partial charge in [-0.3, -0.25) is 4.79 Å². The molecular weight excluding hydrogens is 498 g/mol. The summed E-state index contributed by atoms with van der Waals surface area (Å²) in [6, 6.07) is 25.0. The van der Waals surface area contributed by atoms with Gasteiger partial charge >= 0.3 is 0 Å². The van der Waals surface area contributed by atoms with E-state index >= 15 is 0 Å². The van der Waals surface area contributed by atoms with Gasteiger partial charge in [0.2, 0.25) is 5.82 Å². The summed E-state index contributed by atoms with van der Waals surface area (Å²) in [6.45, 7) is 8.68. The number of rotatable bonds is 9. The van der Waals surface area contributed by atoms with Gasteiger partial charge in [-0.2, -0.15) is 5.21 Å². The van der Waals surface area contributed by atoms with E-state index in [1.165, 1.54) is 0 Å². The first-order valence-corrected chi connectivity index (χ1v) is 13.7. The Hall–Kier alpha value is -4.59. The van der Waals surface area contributed by atoms with E-state index in [1.54, 1.807) is 6.20 Å². The van der Waals surface area contributed by atoms with Crippen molar-refractivity contribution in [1.82, 2.24) is 35.5 Å². The van der Waals surface area contributed by atoms with Gasteiger partial charge in [0.05, 0.1) is 6.20 Å². The van der Waals surface area contributed by atoms with Crippen LogP contribution in [0.5, 0.6) is 0 Å². The fraction of sp³-hybridized carbons (Fsp3) is 0.281. The van der Waals surface area contributed by atoms with Gasteiger partial charge in [0.15, 0.2) is 0 Å². The Morgan fingerprint density at radius 3 is 2.35 bits per heavy atom. The van der Waals surface area contributed by atoms with Crippen molar-refractivity contribution in [2.24, 2.45) is 0 Å². The van der Waals surface area contributed by atoms with Crippen molar-refractivity contribution in [3.05, 3.63) is 96.1 Å². The third-order valence-corrected chi connectivity index (χ3v) is 6.73. The molecule has 0 aliphatic carbocycles. The molecule has 40 heavy (non-hydrogen) atoms. The topological polar surface area (TPSA) is 101 Å². The highest BCUT2D eigenvalue weighted by molar-refractivity contribution is 5.93. The minimum Gasteiger partial charge on any atom is -0.346 e. The van der Waals surface area contributed by atoms with Crippen molar-refractivity contribution in [2.45, 2.75) is 59.0 Å². The number of imidazole rings is 1. The van der Waals surface area contributed by atoms with E-state index < -0.39 is 0 Å². The van der Waals surface area contributed by atoms with Crippen LogP contribution in [0.4, 0.5) is 0 Å². The number of unbranched alkanes of at least 4 members (excludes halogenated alkanes) is 1. The first kappa shape index (κ1) is 27.0. The minimum atomic E-state index is -0.331. The maximum atomic E-state index is 13.1. The Labute approximate surface area is 234 Å². The van der Waals surface area contributed by atoms with Gasteiger partial charge < -0.3 is 9.88 Å². The molecule has 3 aromatic carbocycles. The number of nitrogens with zero attached hydrogens (tertiary/aromatic N) is 5. The maximum absolute atomic E-state index is 13.1. The van der Waals surface area contributed by atoms with Gasteiger partial charge in [0.25, 0.3) is 5.91 Å². The third-order valence-electron chi connectivity index (χ3n) is 6.73. The average molecular weight is 534 g/mol. The minimum absolute atomic E-state index is 0.109. The molecule has 5 aromatic rings. The second kappa shape index (κ2) is 11.7. The van der Waals surface area contributed by atoms with Crippen molar-refractivity contribution in [3.8, 4) is 33.6 Å². The second-order valence-electron chi connectivity index (χ2n) is 11.0. The molecule has 0 saturated heterocycles. The Morgan fingerprint density at radius 1 is 0.925 bits per heavy atom. The zero-order valence-corrected chi connectivity index (χ0v) is 23.5. The largest absolute Gasteiger partial charge is 0.346 e. The molecule has 0 atom stereocenters. The molecule has 8 nitrogen and oxygen atoms in total. The van der Waals surface area contributed by atoms with Crippen molar-refractivity contribution in [2.75, 3.05) is 0 Å². The number of H-pyrrole nitrogens is 1. The summed E-state index contributed by atoms with van der Waals surface area (Å²) in [7, 11) is 0. The van der Waals surface area contributed by atoms with Crippen LogP contribution in [0.25, 0.3) is 33.6 Å². The lowest BCUT2D eigenvalue weighted by Gasteiger charge is -2.21. The van der Waals surface area contributed by atoms with Crippen molar-refractivity contribution in [3.63, 3.8) is 0 Å². The molecule has 8 heteroatoms. The van der Waals surface area contributed by atoms with Crippen molar-refractivity contribution < 1.29 is 4.79 Å². The summed E-state index contributed by atoms with van der Waals surface area (Å²) in [5, 5.41) is 17.9. The van der Waals surface area contributed by atoms with Crippen molar-refractivity contribution >= 4 is 5.91 Å². The van der Waals surface area contributed by atoms with Crippen LogP contribution in [0.2, 0.25) is 0 Å². The number of aromatic amines is 1. The predicted octanol–water partition coefficient (Wildman–Crippen LogP) is 6.32. The second-order valence-corrected chi connectivity index (χ2v) is 11.0. The summed E-state index contributed by atoms with van der Waals surface area (Å²) in [6.07, 6.45) is 4.62. The summed E-state index contributed by atoms with van der Waals surface area (Å²) in [4.78, 5) is 17.7. The van der Waals surface area contributed by atoms with E-state index in [0.717, 1.165) is 58.5 Å². The van der Waals surface area contributed by atoms with E-state index in [0.29, 0.717) is 18.1 Å². The standard InChI is InChI=1S/C32H35N7O/c1-5-6-12-29-33-20-28(31(40)34-32(2,3)4)39(29)21-22-13-15-24(16-14-22)27-19-25(23-10-8-7-9-11-23)17-18-26(27)30-35-37-38-36-30/h7-11,13-20H,5-6,12,21H2,1-4H3,(H,34,40)(H,35,36,37,38). The van der Waals surface area contributed by atoms with E-state index in [1.807, 2.05) is 49.6 Å². The first-order chi connectivity index (χ1) is 19.3. The number of hydrogen-bond acceptors (Lipinski definition) is 5. The molecule has 5 rings (SSSR count). The molecule has 0 spiro atoms. The van der Waals surface area contributed by atoms with Gasteiger partial charge in [-0.05, 0) is 72.4 Å². The van der Waals surface area contributed by atoms with Crippen LogP contribution in [0.1, 0.15) is 62.4 Å². The van der Waals surface area contributed by atoms with E-state index in [4.69, 9.17) is 0 Å². The number of nitrogens with one attached hydrogen (secondary N) is 2. The smallest absolute Gasteiger partial charge is 0.269 e. The summed E-state index contributed by atoms with van der Waals surface area (Å²) in [5.74, 6) is 1.37. The molecule has 0 aliphatic rings. The van der Waals surface area contributed by atoms with Gasteiger partial charge in [-0.15, -0.1) is 10.2 Å². The average Bonchev–Trinajstić information content (AvgIpc) is 3.62. The zero-order valence-electron chi connectivity index (χ0n) is 23.5. The van der Waals surface area contributed by atoms with Crippen LogP contribution < -0.4 is 5.32 Å². The SMILES string of the molecule is CCCCc1ncc(C(=O)NC(C)(C)C)n1Cc1ccc(-c2cc(-c3ccccc3)ccc2-c2nn[nH]n2)cc1. The molecule has 1 amide bonds. The number of hydrogen-bond donors (Lipinski definition) is 2. The Bertz CT molecular complexity index is 1560. The monoisotopic (exact) mass is 533 g/mol. The quantitative estimate of drug-likeness (QED) is 0.231. The third kappa shape index (κ3) is 6.17. The van der Waals surface area contributed by atoms with Gasteiger partial charge in [0, 0.05) is 24.1 Å². The highest BCUT2D eigenvalue weighted by Gasteiger charge is 2.21. The van der Waals surface area contributed by atoms with Crippen LogP contribution in [-0.4, -0.2) is 41.6 Å². The Balaban J connectivity index is 1.48. The van der Waals surface area contributed by atoms with Crippen LogP contribution in [0.3, 0.4) is 0 Å². The van der Waals surface area contributed by atoms with Crippen molar-refractivity contribution in [1.29, 1.82) is 0 Å². The summed E-state index contributed by atoms with van der Waals surface area (Å²) in [5.41, 5.74) is 6.56. The number of carbonyl (C=O) groups excluding carboxylic acids is 1. The van der Waals surface area contributed by atoms with Gasteiger partial charge in [-0.1, -0.05) is 74.0 Å². The van der Waals surface area contributed by atoms with E-state index in [9.17, 15) is 4.79 Å². The number of benzene rings is 3.